The Kier molecular flexibility index (Phi) is 6.49. The number of rotatable bonds is 0. The SMILES string of the molecule is FC1(C#CBr)CCNCC1.O=C(O)C(F)(F)F. The minimum atomic E-state index is -5.08. The van der Waals surface area contributed by atoms with Crippen LogP contribution in [0.4, 0.5) is 17.6 Å². The van der Waals surface area contributed by atoms with Crippen LogP contribution >= 0.6 is 15.9 Å². The van der Waals surface area contributed by atoms with Crippen molar-refractivity contribution in [2.24, 2.45) is 0 Å². The number of hydrogen-bond acceptors (Lipinski definition) is 2. The van der Waals surface area contributed by atoms with Crippen LogP contribution in [0.2, 0.25) is 0 Å². The second-order valence-corrected chi connectivity index (χ2v) is 3.63. The van der Waals surface area contributed by atoms with Crippen LogP contribution in [0.1, 0.15) is 12.8 Å². The number of carboxylic acid groups (broad SMARTS) is 1. The maximum absolute atomic E-state index is 13.3. The zero-order chi connectivity index (χ0) is 13.5. The van der Waals surface area contributed by atoms with Gasteiger partial charge in [-0.2, -0.15) is 13.2 Å². The third kappa shape index (κ3) is 7.18. The molecule has 1 aliphatic heterocycles. The molecule has 1 saturated heterocycles. The van der Waals surface area contributed by atoms with Crippen LogP contribution in [0.15, 0.2) is 0 Å². The lowest BCUT2D eigenvalue weighted by Crippen LogP contribution is -2.37. The summed E-state index contributed by atoms with van der Waals surface area (Å²) in [7, 11) is 0. The van der Waals surface area contributed by atoms with Gasteiger partial charge in [-0.1, -0.05) is 0 Å². The number of nitrogens with one attached hydrogen (secondary N) is 1. The molecule has 0 aromatic heterocycles. The lowest BCUT2D eigenvalue weighted by atomic mass is 9.96. The molecule has 0 aliphatic carbocycles. The van der Waals surface area contributed by atoms with Crippen molar-refractivity contribution >= 4 is 21.9 Å². The molecule has 0 atom stereocenters. The Morgan fingerprint density at radius 1 is 1.35 bits per heavy atom. The average Bonchev–Trinajstić information content (AvgIpc) is 2.18. The van der Waals surface area contributed by atoms with Crippen molar-refractivity contribution < 1.29 is 27.5 Å². The average molecular weight is 320 g/mol. The van der Waals surface area contributed by atoms with Gasteiger partial charge in [0.25, 0.3) is 0 Å². The van der Waals surface area contributed by atoms with Crippen LogP contribution in [-0.2, 0) is 4.79 Å². The number of halogens is 5. The van der Waals surface area contributed by atoms with Crippen LogP contribution in [-0.4, -0.2) is 36.0 Å². The quantitative estimate of drug-likeness (QED) is 0.531. The largest absolute Gasteiger partial charge is 0.490 e. The van der Waals surface area contributed by atoms with E-state index in [4.69, 9.17) is 9.90 Å². The van der Waals surface area contributed by atoms with Crippen molar-refractivity contribution in [3.8, 4) is 10.8 Å². The topological polar surface area (TPSA) is 49.3 Å². The molecule has 0 aromatic carbocycles. The molecule has 3 nitrogen and oxygen atoms in total. The molecule has 0 unspecified atom stereocenters. The van der Waals surface area contributed by atoms with E-state index in [1.165, 1.54) is 0 Å². The van der Waals surface area contributed by atoms with E-state index in [1.807, 2.05) is 0 Å². The van der Waals surface area contributed by atoms with E-state index in [2.05, 4.69) is 32.0 Å². The van der Waals surface area contributed by atoms with Gasteiger partial charge in [-0.25, -0.2) is 9.18 Å². The van der Waals surface area contributed by atoms with E-state index in [0.29, 0.717) is 12.8 Å². The molecule has 0 amide bonds. The van der Waals surface area contributed by atoms with Gasteiger partial charge in [-0.3, -0.25) is 0 Å². The smallest absolute Gasteiger partial charge is 0.475 e. The molecule has 0 spiro atoms. The highest BCUT2D eigenvalue weighted by Crippen LogP contribution is 2.21. The van der Waals surface area contributed by atoms with E-state index in [0.717, 1.165) is 13.1 Å². The van der Waals surface area contributed by atoms with Gasteiger partial charge in [0, 0.05) is 28.8 Å². The maximum atomic E-state index is 13.3. The molecule has 0 aromatic rings. The molecule has 2 N–H and O–H groups in total. The van der Waals surface area contributed by atoms with Gasteiger partial charge in [0.2, 0.25) is 0 Å². The van der Waals surface area contributed by atoms with Crippen molar-refractivity contribution in [3.63, 3.8) is 0 Å². The fourth-order valence-corrected chi connectivity index (χ4v) is 1.39. The fourth-order valence-electron chi connectivity index (χ4n) is 1.03. The number of carboxylic acids is 1. The summed E-state index contributed by atoms with van der Waals surface area (Å²) in [5.41, 5.74) is -1.24. The molecule has 17 heavy (non-hydrogen) atoms. The summed E-state index contributed by atoms with van der Waals surface area (Å²) in [6.07, 6.45) is -4.07. The summed E-state index contributed by atoms with van der Waals surface area (Å²) >= 11 is 2.90. The van der Waals surface area contributed by atoms with Crippen molar-refractivity contribution in [2.75, 3.05) is 13.1 Å². The summed E-state index contributed by atoms with van der Waals surface area (Å²) in [4.78, 5) is 11.3. The van der Waals surface area contributed by atoms with Crippen molar-refractivity contribution in [3.05, 3.63) is 0 Å². The van der Waals surface area contributed by atoms with Gasteiger partial charge in [-0.05, 0) is 23.8 Å². The highest BCUT2D eigenvalue weighted by atomic mass is 79.9. The molecule has 0 saturated carbocycles. The minimum Gasteiger partial charge on any atom is -0.475 e. The van der Waals surface area contributed by atoms with Crippen molar-refractivity contribution in [2.45, 2.75) is 24.7 Å². The Morgan fingerprint density at radius 3 is 2.06 bits per heavy atom. The standard InChI is InChI=1S/C7H9BrFN.C2HF3O2/c8-4-1-7(9)2-5-10-6-3-7;3-2(4,5)1(6)7/h10H,2-3,5-6H2;(H,6,7). The van der Waals surface area contributed by atoms with Crippen LogP contribution in [0.3, 0.4) is 0 Å². The second kappa shape index (κ2) is 6.81. The highest BCUT2D eigenvalue weighted by molar-refractivity contribution is 9.12. The van der Waals surface area contributed by atoms with Crippen LogP contribution in [0.5, 0.6) is 0 Å². The van der Waals surface area contributed by atoms with E-state index < -0.39 is 17.8 Å². The van der Waals surface area contributed by atoms with Gasteiger partial charge < -0.3 is 10.4 Å². The zero-order valence-electron chi connectivity index (χ0n) is 8.57. The van der Waals surface area contributed by atoms with Gasteiger partial charge in [0.05, 0.1) is 0 Å². The van der Waals surface area contributed by atoms with Gasteiger partial charge >= 0.3 is 12.1 Å². The lowest BCUT2D eigenvalue weighted by molar-refractivity contribution is -0.192. The molecule has 1 fully saturated rings. The first-order valence-electron chi connectivity index (χ1n) is 4.54. The lowest BCUT2D eigenvalue weighted by Gasteiger charge is -2.24. The highest BCUT2D eigenvalue weighted by Gasteiger charge is 2.38. The number of aliphatic carboxylic acids is 1. The summed E-state index contributed by atoms with van der Waals surface area (Å²) < 4.78 is 45.1. The molecular weight excluding hydrogens is 310 g/mol. The first kappa shape index (κ1) is 16.2. The summed E-state index contributed by atoms with van der Waals surface area (Å²) in [6.45, 7) is 1.47. The van der Waals surface area contributed by atoms with Gasteiger partial charge in [0.15, 0.2) is 5.67 Å². The minimum absolute atomic E-state index is 0.506. The van der Waals surface area contributed by atoms with E-state index in [1.54, 1.807) is 0 Å². The maximum Gasteiger partial charge on any atom is 0.490 e. The van der Waals surface area contributed by atoms with Gasteiger partial charge in [0.1, 0.15) is 0 Å². The number of piperidine rings is 1. The first-order valence-corrected chi connectivity index (χ1v) is 5.33. The Hall–Kier alpha value is -0.810. The van der Waals surface area contributed by atoms with Crippen LogP contribution in [0.25, 0.3) is 0 Å². The number of alkyl halides is 4. The molecule has 0 bridgehead atoms. The Labute approximate surface area is 104 Å². The Morgan fingerprint density at radius 2 is 1.76 bits per heavy atom. The van der Waals surface area contributed by atoms with Crippen LogP contribution in [0, 0.1) is 10.8 Å². The molecule has 1 aliphatic rings. The van der Waals surface area contributed by atoms with E-state index in [-0.39, 0.29) is 0 Å². The Bertz CT molecular complexity index is 315. The molecular formula is C9H10BrF4NO2. The number of hydrogen-bond donors (Lipinski definition) is 2. The summed E-state index contributed by atoms with van der Waals surface area (Å²) in [5, 5.41) is 10.2. The number of carbonyl (C=O) groups is 1. The summed E-state index contributed by atoms with van der Waals surface area (Å²) in [6, 6.07) is 0. The normalized spacial score (nSPS) is 18.2. The molecule has 1 rings (SSSR count). The van der Waals surface area contributed by atoms with Crippen LogP contribution < -0.4 is 5.32 Å². The second-order valence-electron chi connectivity index (χ2n) is 3.24. The predicted octanol–water partition coefficient (Wildman–Crippen LogP) is 2.07. The van der Waals surface area contributed by atoms with E-state index >= 15 is 0 Å². The van der Waals surface area contributed by atoms with Gasteiger partial charge in [-0.15, -0.1) is 0 Å². The summed E-state index contributed by atoms with van der Waals surface area (Å²) in [5.74, 6) is -0.236. The molecule has 8 heteroatoms. The Balaban J connectivity index is 0.000000325. The van der Waals surface area contributed by atoms with Crippen molar-refractivity contribution in [1.29, 1.82) is 0 Å². The third-order valence-electron chi connectivity index (χ3n) is 1.91. The fraction of sp³-hybridized carbons (Fsp3) is 0.667. The van der Waals surface area contributed by atoms with E-state index in [9.17, 15) is 17.6 Å². The molecule has 0 radical (unpaired) electrons. The predicted molar refractivity (Wildman–Crippen MR) is 56.3 cm³/mol. The third-order valence-corrected chi connectivity index (χ3v) is 2.11. The molecule has 98 valence electrons. The monoisotopic (exact) mass is 319 g/mol. The zero-order valence-corrected chi connectivity index (χ0v) is 10.2. The van der Waals surface area contributed by atoms with Crippen molar-refractivity contribution in [1.82, 2.24) is 5.32 Å². The first-order chi connectivity index (χ1) is 7.71. The molecule has 1 heterocycles.